The predicted octanol–water partition coefficient (Wildman–Crippen LogP) is 11.5. The number of rotatable bonds is 7. The highest BCUT2D eigenvalue weighted by Gasteiger charge is 2.46. The van der Waals surface area contributed by atoms with Crippen LogP contribution in [-0.2, 0) is 0 Å². The fraction of sp³-hybridized carbons (Fsp3) is 0.774. The van der Waals surface area contributed by atoms with Crippen molar-refractivity contribution in [2.45, 2.75) is 151 Å². The van der Waals surface area contributed by atoms with E-state index in [1.807, 2.05) is 0 Å². The molecular weight excluding hydrogens is 511 g/mol. The zero-order valence-electron chi connectivity index (χ0n) is 22.5. The summed E-state index contributed by atoms with van der Waals surface area (Å²) in [5.74, 6) is 0. The van der Waals surface area contributed by atoms with Crippen molar-refractivity contribution in [1.82, 2.24) is 4.98 Å². The average molecular weight is 560 g/mol. The first-order chi connectivity index (χ1) is 17.9. The van der Waals surface area contributed by atoms with Crippen LogP contribution in [0.1, 0.15) is 128 Å². The second-order valence-electron chi connectivity index (χ2n) is 12.2. The first-order valence-electron chi connectivity index (χ1n) is 15.6. The van der Waals surface area contributed by atoms with Crippen LogP contribution in [0.25, 0.3) is 10.2 Å². The van der Waals surface area contributed by atoms with E-state index in [0.29, 0.717) is 0 Å². The Morgan fingerprint density at radius 2 is 0.917 bits per heavy atom. The average Bonchev–Trinajstić information content (AvgIpc) is 3.39. The number of hydrogen-bond donors (Lipinski definition) is 0. The van der Waals surface area contributed by atoms with Crippen molar-refractivity contribution >= 4 is 48.8 Å². The van der Waals surface area contributed by atoms with Crippen LogP contribution in [0.3, 0.4) is 0 Å². The Balaban J connectivity index is 1.46. The van der Waals surface area contributed by atoms with E-state index in [4.69, 9.17) is 4.98 Å². The van der Waals surface area contributed by atoms with Gasteiger partial charge in [-0.1, -0.05) is 104 Å². The molecule has 0 saturated heterocycles. The van der Waals surface area contributed by atoms with Crippen molar-refractivity contribution in [2.75, 3.05) is 0 Å². The lowest BCUT2D eigenvalue weighted by molar-refractivity contribution is 0.487. The minimum absolute atomic E-state index is 0.0790. The third kappa shape index (κ3) is 6.09. The number of fused-ring (bicyclic) bond motifs is 1. The van der Waals surface area contributed by atoms with Gasteiger partial charge in [0.2, 0.25) is 0 Å². The van der Waals surface area contributed by atoms with E-state index in [2.05, 4.69) is 35.6 Å². The maximum absolute atomic E-state index is 5.61. The van der Waals surface area contributed by atoms with Crippen molar-refractivity contribution in [3.8, 4) is 0 Å². The van der Waals surface area contributed by atoms with Gasteiger partial charge in [0.1, 0.15) is 4.75 Å². The smallest absolute Gasteiger partial charge is 0.125 e. The Morgan fingerprint density at radius 3 is 1.31 bits per heavy atom. The van der Waals surface area contributed by atoms with Crippen LogP contribution in [0, 0.1) is 0 Å². The molecule has 2 aromatic rings. The van der Waals surface area contributed by atoms with Gasteiger partial charge in [-0.2, -0.15) is 0 Å². The summed E-state index contributed by atoms with van der Waals surface area (Å²) in [5, 5.41) is 0. The van der Waals surface area contributed by atoms with Crippen LogP contribution in [0.2, 0.25) is 0 Å². The van der Waals surface area contributed by atoms with Crippen molar-refractivity contribution in [3.63, 3.8) is 0 Å². The molecule has 0 spiro atoms. The third-order valence-electron chi connectivity index (χ3n) is 9.69. The lowest BCUT2D eigenvalue weighted by Crippen LogP contribution is -2.25. The van der Waals surface area contributed by atoms with Crippen LogP contribution in [0.4, 0.5) is 0 Å². The number of hydrogen-bond acceptors (Lipinski definition) is 2. The third-order valence-corrected chi connectivity index (χ3v) is 29.9. The van der Waals surface area contributed by atoms with Crippen LogP contribution in [-0.4, -0.2) is 27.6 Å². The highest BCUT2D eigenvalue weighted by molar-refractivity contribution is 8.64. The van der Waals surface area contributed by atoms with Crippen LogP contribution >= 0.6 is 33.9 Å². The zero-order chi connectivity index (χ0) is 24.2. The molecule has 0 amide bonds. The van der Waals surface area contributed by atoms with Crippen molar-refractivity contribution in [1.29, 1.82) is 0 Å². The Labute approximate surface area is 228 Å². The van der Waals surface area contributed by atoms with Gasteiger partial charge in [0.25, 0.3) is 0 Å². The molecule has 1 aromatic heterocycles. The van der Waals surface area contributed by atoms with E-state index in [0.717, 1.165) is 22.6 Å². The predicted molar refractivity (Wildman–Crippen MR) is 168 cm³/mol. The van der Waals surface area contributed by atoms with Gasteiger partial charge in [-0.05, 0) is 86.1 Å². The minimum Gasteiger partial charge on any atom is -0.236 e. The highest BCUT2D eigenvalue weighted by Crippen LogP contribution is 2.93. The molecule has 5 heteroatoms. The van der Waals surface area contributed by atoms with Crippen LogP contribution in [0.15, 0.2) is 24.3 Å². The monoisotopic (exact) mass is 559 g/mol. The summed E-state index contributed by atoms with van der Waals surface area (Å²) >= 11 is 2.17. The largest absolute Gasteiger partial charge is 0.236 e. The van der Waals surface area contributed by atoms with Gasteiger partial charge in [-0.25, -0.2) is 4.98 Å². The molecule has 4 aliphatic rings. The highest BCUT2D eigenvalue weighted by atomic mass is 32.5. The number of nitrogens with zero attached hydrogens (tertiary/aromatic N) is 1. The fourth-order valence-electron chi connectivity index (χ4n) is 7.86. The normalized spacial score (nSPS) is 24.4. The van der Waals surface area contributed by atoms with E-state index in [1.165, 1.54) is 87.3 Å². The molecule has 1 heterocycles. The molecular formula is C31H48NP3S. The Bertz CT molecular complexity index is 829. The quantitative estimate of drug-likeness (QED) is 0.308. The van der Waals surface area contributed by atoms with E-state index in [1.54, 1.807) is 56.1 Å². The number of para-hydroxylation sites is 1. The lowest BCUT2D eigenvalue weighted by atomic mass is 10.00. The summed E-state index contributed by atoms with van der Waals surface area (Å²) in [6.07, 6.45) is 30.6. The second-order valence-corrected chi connectivity index (χ2v) is 25.1. The van der Waals surface area contributed by atoms with Crippen LogP contribution < -0.4 is 4.75 Å². The first-order valence-corrected chi connectivity index (χ1v) is 22.1. The summed E-state index contributed by atoms with van der Waals surface area (Å²) in [4.78, 5) is 5.61. The van der Waals surface area contributed by atoms with Gasteiger partial charge in [0.05, 0.1) is 10.2 Å². The molecule has 0 N–H and O–H groups in total. The molecule has 1 nitrogen and oxygen atoms in total. The SMILES string of the molecule is c1ccc2sc(P(P(C3CCCCC3)C3CCCCC3)P(C3CCCCC3)C3CCCCC3)nc2c1. The van der Waals surface area contributed by atoms with Gasteiger partial charge in [-0.3, -0.25) is 0 Å². The number of thiazole rings is 1. The van der Waals surface area contributed by atoms with Gasteiger partial charge < -0.3 is 0 Å². The maximum Gasteiger partial charge on any atom is 0.125 e. The molecule has 4 fully saturated rings. The summed E-state index contributed by atoms with van der Waals surface area (Å²) in [6.45, 7) is 0. The molecule has 0 unspecified atom stereocenters. The molecule has 0 aliphatic heterocycles. The maximum atomic E-state index is 5.61. The van der Waals surface area contributed by atoms with Crippen LogP contribution in [0.5, 0.6) is 0 Å². The Hall–Kier alpha value is 0.400. The summed E-state index contributed by atoms with van der Waals surface area (Å²) < 4.78 is 3.17. The summed E-state index contributed by atoms with van der Waals surface area (Å²) in [5.41, 5.74) is 5.56. The van der Waals surface area contributed by atoms with Gasteiger partial charge >= 0.3 is 0 Å². The molecule has 4 aliphatic carbocycles. The van der Waals surface area contributed by atoms with E-state index >= 15 is 0 Å². The van der Waals surface area contributed by atoms with Gasteiger partial charge in [-0.15, -0.1) is 11.3 Å². The molecule has 36 heavy (non-hydrogen) atoms. The lowest BCUT2D eigenvalue weighted by Gasteiger charge is -2.50. The van der Waals surface area contributed by atoms with Crippen molar-refractivity contribution in [2.24, 2.45) is 0 Å². The fourth-order valence-corrected chi connectivity index (χ4v) is 34.5. The van der Waals surface area contributed by atoms with Crippen molar-refractivity contribution < 1.29 is 0 Å². The number of aromatic nitrogens is 1. The molecule has 0 radical (unpaired) electrons. The van der Waals surface area contributed by atoms with Gasteiger partial charge in [0.15, 0.2) is 0 Å². The molecule has 4 saturated carbocycles. The molecule has 1 aromatic carbocycles. The van der Waals surface area contributed by atoms with E-state index < -0.39 is 0 Å². The van der Waals surface area contributed by atoms with Crippen molar-refractivity contribution in [3.05, 3.63) is 24.3 Å². The van der Waals surface area contributed by atoms with Gasteiger partial charge in [0, 0.05) is 7.30 Å². The Kier molecular flexibility index (Phi) is 9.74. The molecule has 6 rings (SSSR count). The first kappa shape index (κ1) is 26.6. The van der Waals surface area contributed by atoms with E-state index in [-0.39, 0.29) is 22.5 Å². The molecule has 0 atom stereocenters. The second kappa shape index (κ2) is 13.2. The summed E-state index contributed by atoms with van der Waals surface area (Å²) in [6, 6.07) is 9.17. The number of benzene rings is 1. The standard InChI is InChI=1S/C31H48NP3S/c1-5-15-25(16-6-1)33(26-17-7-2-8-18-26)35(31-32-29-23-13-14-24-30(29)36-31)34(27-19-9-3-10-20-27)28-21-11-4-12-22-28/h13-14,23-28H,1-12,15-22H2. The zero-order valence-corrected chi connectivity index (χ0v) is 26.0. The minimum atomic E-state index is -0.0838. The van der Waals surface area contributed by atoms with E-state index in [9.17, 15) is 0 Å². The molecule has 0 bridgehead atoms. The molecule has 198 valence electrons. The summed E-state index contributed by atoms with van der Waals surface area (Å²) in [7, 11) is 0.0742. The Morgan fingerprint density at radius 1 is 0.528 bits per heavy atom. The topological polar surface area (TPSA) is 12.9 Å².